The molecule has 0 fully saturated rings. The van der Waals surface area contributed by atoms with Gasteiger partial charge in [0.15, 0.2) is 0 Å². The number of carbonyl (C=O) groups is 1. The lowest BCUT2D eigenvalue weighted by molar-refractivity contribution is 0.0959. The van der Waals surface area contributed by atoms with Gasteiger partial charge >= 0.3 is 0 Å². The summed E-state index contributed by atoms with van der Waals surface area (Å²) < 4.78 is 3.47. The summed E-state index contributed by atoms with van der Waals surface area (Å²) in [4.78, 5) is 35.8. The summed E-state index contributed by atoms with van der Waals surface area (Å²) in [5.74, 6) is 0.596. The van der Waals surface area contributed by atoms with E-state index in [4.69, 9.17) is 0 Å². The van der Waals surface area contributed by atoms with E-state index in [-0.39, 0.29) is 17.4 Å². The number of thioether (sulfide) groups is 1. The molecule has 3 aromatic heterocycles. The van der Waals surface area contributed by atoms with Crippen molar-refractivity contribution >= 4 is 40.2 Å². The van der Waals surface area contributed by atoms with Crippen LogP contribution in [0.5, 0.6) is 0 Å². The Hall–Kier alpha value is -4.11. The topological polar surface area (TPSA) is 93.3 Å². The van der Waals surface area contributed by atoms with Crippen LogP contribution in [0.4, 0.5) is 5.95 Å². The van der Waals surface area contributed by atoms with Crippen LogP contribution < -0.4 is 16.4 Å². The Bertz CT molecular complexity index is 1530. The van der Waals surface area contributed by atoms with Crippen molar-refractivity contribution in [2.24, 2.45) is 0 Å². The summed E-state index contributed by atoms with van der Waals surface area (Å²) in [6, 6.07) is 20.4. The molecule has 0 saturated carbocycles. The van der Waals surface area contributed by atoms with Crippen LogP contribution in [0.3, 0.4) is 0 Å². The van der Waals surface area contributed by atoms with E-state index >= 15 is 0 Å². The minimum absolute atomic E-state index is 0.159. The number of pyridine rings is 1. The molecule has 9 heteroatoms. The largest absolute Gasteiger partial charge is 0.307 e. The highest BCUT2D eigenvalue weighted by molar-refractivity contribution is 7.98. The summed E-state index contributed by atoms with van der Waals surface area (Å²) in [6.07, 6.45) is 3.95. The molecule has 8 nitrogen and oxygen atoms in total. The van der Waals surface area contributed by atoms with Crippen molar-refractivity contribution in [3.05, 3.63) is 101 Å². The zero-order valence-electron chi connectivity index (χ0n) is 18.4. The Morgan fingerprint density at radius 2 is 1.79 bits per heavy atom. The van der Waals surface area contributed by atoms with Crippen molar-refractivity contribution < 1.29 is 4.79 Å². The van der Waals surface area contributed by atoms with Gasteiger partial charge in [-0.2, -0.15) is 0 Å². The Morgan fingerprint density at radius 3 is 2.65 bits per heavy atom. The van der Waals surface area contributed by atoms with Gasteiger partial charge in [0.2, 0.25) is 5.95 Å². The quantitative estimate of drug-likeness (QED) is 0.275. The number of hydrazine groups is 1. The average molecular weight is 471 g/mol. The third kappa shape index (κ3) is 4.25. The molecular formula is C25H22N6O2S. The van der Waals surface area contributed by atoms with Gasteiger partial charge in [0, 0.05) is 29.6 Å². The van der Waals surface area contributed by atoms with E-state index in [0.29, 0.717) is 28.8 Å². The fraction of sp³-hybridized carbons (Fsp3) is 0.120. The number of imidazole rings is 1. The summed E-state index contributed by atoms with van der Waals surface area (Å²) >= 11 is 1.54. The second kappa shape index (κ2) is 9.40. The highest BCUT2D eigenvalue weighted by Crippen LogP contribution is 2.26. The van der Waals surface area contributed by atoms with E-state index in [1.807, 2.05) is 66.2 Å². The van der Waals surface area contributed by atoms with Crippen molar-refractivity contribution in [3.63, 3.8) is 0 Å². The molecule has 170 valence electrons. The number of carbonyl (C=O) groups excluding carboxylic acids is 1. The van der Waals surface area contributed by atoms with Gasteiger partial charge in [-0.05, 0) is 43.3 Å². The van der Waals surface area contributed by atoms with E-state index in [1.54, 1.807) is 36.0 Å². The average Bonchev–Trinajstić information content (AvgIpc) is 3.29. The van der Waals surface area contributed by atoms with Crippen molar-refractivity contribution in [1.29, 1.82) is 0 Å². The van der Waals surface area contributed by atoms with Gasteiger partial charge in [-0.1, -0.05) is 30.3 Å². The van der Waals surface area contributed by atoms with Gasteiger partial charge in [0.1, 0.15) is 5.65 Å². The van der Waals surface area contributed by atoms with Crippen molar-refractivity contribution in [2.75, 3.05) is 5.43 Å². The van der Waals surface area contributed by atoms with E-state index < -0.39 is 0 Å². The SMILES string of the molecule is CCn1c(NNC(=O)c2ccccc2SCc2cn3ccccc3n2)nc2ccccc2c1=O. The standard InChI is InChI=1S/C25H22N6O2S/c1-2-31-24(33)18-9-3-5-11-20(18)27-25(31)29-28-23(32)19-10-4-6-12-21(19)34-16-17-15-30-14-8-7-13-22(30)26-17/h3-15H,2,16H2,1H3,(H,27,29)(H,28,32). The molecule has 0 radical (unpaired) electrons. The van der Waals surface area contributed by atoms with Crippen LogP contribution in [0.15, 0.2) is 88.8 Å². The zero-order valence-corrected chi connectivity index (χ0v) is 19.2. The first kappa shape index (κ1) is 21.7. The van der Waals surface area contributed by atoms with Crippen molar-refractivity contribution in [1.82, 2.24) is 24.4 Å². The molecule has 0 aliphatic heterocycles. The number of para-hydroxylation sites is 1. The van der Waals surface area contributed by atoms with Crippen molar-refractivity contribution in [2.45, 2.75) is 24.1 Å². The molecular weight excluding hydrogens is 448 g/mol. The minimum atomic E-state index is -0.317. The molecule has 2 N–H and O–H groups in total. The van der Waals surface area contributed by atoms with Crippen LogP contribution >= 0.6 is 11.8 Å². The lowest BCUT2D eigenvalue weighted by atomic mass is 10.2. The van der Waals surface area contributed by atoms with Crippen molar-refractivity contribution in [3.8, 4) is 0 Å². The highest BCUT2D eigenvalue weighted by Gasteiger charge is 2.14. The van der Waals surface area contributed by atoms with Gasteiger partial charge in [0.25, 0.3) is 11.5 Å². The normalized spacial score (nSPS) is 11.1. The summed E-state index contributed by atoms with van der Waals surface area (Å²) in [7, 11) is 0. The zero-order chi connectivity index (χ0) is 23.5. The predicted molar refractivity (Wildman–Crippen MR) is 134 cm³/mol. The monoisotopic (exact) mass is 470 g/mol. The first-order chi connectivity index (χ1) is 16.6. The number of fused-ring (bicyclic) bond motifs is 2. The molecule has 0 bridgehead atoms. The van der Waals surface area contributed by atoms with Crippen LogP contribution in [0.25, 0.3) is 16.6 Å². The molecule has 3 heterocycles. The molecule has 0 unspecified atom stereocenters. The Balaban J connectivity index is 1.33. The van der Waals surface area contributed by atoms with Crippen LogP contribution in [0.2, 0.25) is 0 Å². The number of aromatic nitrogens is 4. The number of rotatable bonds is 7. The van der Waals surface area contributed by atoms with Crippen LogP contribution in [-0.4, -0.2) is 24.8 Å². The van der Waals surface area contributed by atoms with Gasteiger partial charge in [0.05, 0.1) is 22.2 Å². The second-order valence-electron chi connectivity index (χ2n) is 7.56. The molecule has 0 spiro atoms. The second-order valence-corrected chi connectivity index (χ2v) is 8.58. The minimum Gasteiger partial charge on any atom is -0.307 e. The van der Waals surface area contributed by atoms with Gasteiger partial charge in [-0.25, -0.2) is 9.97 Å². The Morgan fingerprint density at radius 1 is 1.00 bits per heavy atom. The molecule has 0 atom stereocenters. The number of benzene rings is 2. The lowest BCUT2D eigenvalue weighted by Gasteiger charge is -2.15. The fourth-order valence-corrected chi connectivity index (χ4v) is 4.66. The molecule has 0 aliphatic rings. The Labute approximate surface area is 199 Å². The highest BCUT2D eigenvalue weighted by atomic mass is 32.2. The number of amides is 1. The Kier molecular flexibility index (Phi) is 6.01. The summed E-state index contributed by atoms with van der Waals surface area (Å²) in [6.45, 7) is 2.27. The molecule has 34 heavy (non-hydrogen) atoms. The fourth-order valence-electron chi connectivity index (χ4n) is 3.73. The van der Waals surface area contributed by atoms with Crippen LogP contribution in [0.1, 0.15) is 23.0 Å². The van der Waals surface area contributed by atoms with Crippen LogP contribution in [0, 0.1) is 0 Å². The predicted octanol–water partition coefficient (Wildman–Crippen LogP) is 4.11. The van der Waals surface area contributed by atoms with Gasteiger partial charge in [-0.15, -0.1) is 11.8 Å². The molecule has 5 aromatic rings. The maximum atomic E-state index is 13.0. The van der Waals surface area contributed by atoms with Crippen LogP contribution in [-0.2, 0) is 12.3 Å². The smallest absolute Gasteiger partial charge is 0.270 e. The first-order valence-corrected chi connectivity index (χ1v) is 11.8. The molecule has 2 aromatic carbocycles. The molecule has 0 aliphatic carbocycles. The number of hydrogen-bond donors (Lipinski definition) is 2. The lowest BCUT2D eigenvalue weighted by Crippen LogP contribution is -2.34. The number of nitrogens with zero attached hydrogens (tertiary/aromatic N) is 4. The first-order valence-electron chi connectivity index (χ1n) is 10.8. The third-order valence-corrected chi connectivity index (χ3v) is 6.49. The van der Waals surface area contributed by atoms with E-state index in [2.05, 4.69) is 20.8 Å². The maximum absolute atomic E-state index is 13.0. The summed E-state index contributed by atoms with van der Waals surface area (Å²) in [5, 5.41) is 0.537. The summed E-state index contributed by atoms with van der Waals surface area (Å²) in [5.41, 5.74) is 8.29. The number of hydrogen-bond acceptors (Lipinski definition) is 6. The molecule has 5 rings (SSSR count). The van der Waals surface area contributed by atoms with E-state index in [1.165, 1.54) is 4.57 Å². The van der Waals surface area contributed by atoms with E-state index in [0.717, 1.165) is 16.2 Å². The third-order valence-electron chi connectivity index (χ3n) is 5.39. The van der Waals surface area contributed by atoms with Gasteiger partial charge in [-0.3, -0.25) is 25.0 Å². The maximum Gasteiger partial charge on any atom is 0.270 e. The number of anilines is 1. The molecule has 0 saturated heterocycles. The number of nitrogens with one attached hydrogen (secondary N) is 2. The van der Waals surface area contributed by atoms with E-state index in [9.17, 15) is 9.59 Å². The molecule has 1 amide bonds. The van der Waals surface area contributed by atoms with Gasteiger partial charge < -0.3 is 4.40 Å².